The smallest absolute Gasteiger partial charge is 0.258 e. The molecule has 2 N–H and O–H groups in total. The summed E-state index contributed by atoms with van der Waals surface area (Å²) in [6.07, 6.45) is -0.167. The average Bonchev–Trinajstić information content (AvgIpc) is 3.21. The van der Waals surface area contributed by atoms with Gasteiger partial charge in [-0.3, -0.25) is 4.98 Å². The van der Waals surface area contributed by atoms with Crippen LogP contribution in [0, 0.1) is 12.8 Å². The van der Waals surface area contributed by atoms with Gasteiger partial charge >= 0.3 is 0 Å². The molecule has 2 heterocycles. The number of hydrogen-bond donors (Lipinski definition) is 2. The van der Waals surface area contributed by atoms with E-state index in [1.165, 1.54) is 7.11 Å². The quantitative estimate of drug-likeness (QED) is 0.510. The summed E-state index contributed by atoms with van der Waals surface area (Å²) in [5, 5.41) is 22.8. The van der Waals surface area contributed by atoms with Crippen LogP contribution in [0.3, 0.4) is 0 Å². The topological polar surface area (TPSA) is 111 Å². The van der Waals surface area contributed by atoms with Crippen LogP contribution >= 0.6 is 11.6 Å². The van der Waals surface area contributed by atoms with E-state index in [1.807, 2.05) is 19.1 Å². The molecule has 9 heteroatoms. The van der Waals surface area contributed by atoms with Gasteiger partial charge in [0.25, 0.3) is 5.89 Å². The van der Waals surface area contributed by atoms with Gasteiger partial charge in [-0.1, -0.05) is 30.6 Å². The molecule has 8 nitrogen and oxygen atoms in total. The summed E-state index contributed by atoms with van der Waals surface area (Å²) < 4.78 is 16.4. The maximum atomic E-state index is 9.51. The van der Waals surface area contributed by atoms with Crippen molar-refractivity contribution in [2.75, 3.05) is 20.3 Å². The number of methoxy groups -OCH3 is 1. The van der Waals surface area contributed by atoms with Crippen LogP contribution in [0.15, 0.2) is 28.8 Å². The second-order valence-corrected chi connectivity index (χ2v) is 8.05. The first kappa shape index (κ1) is 23.0. The number of halogens is 1. The second kappa shape index (κ2) is 10.1. The molecule has 2 aromatic heterocycles. The molecule has 166 valence electrons. The number of aliphatic hydroxyl groups excluding tert-OH is 2. The lowest BCUT2D eigenvalue weighted by Gasteiger charge is -2.15. The fourth-order valence-electron chi connectivity index (χ4n) is 3.06. The first-order valence-corrected chi connectivity index (χ1v) is 10.3. The van der Waals surface area contributed by atoms with Crippen molar-refractivity contribution in [1.29, 1.82) is 0 Å². The Balaban J connectivity index is 1.90. The van der Waals surface area contributed by atoms with Crippen LogP contribution in [0.5, 0.6) is 11.5 Å². The maximum absolute atomic E-state index is 9.51. The summed E-state index contributed by atoms with van der Waals surface area (Å²) in [5.41, 5.74) is 3.24. The predicted molar refractivity (Wildman–Crippen MR) is 116 cm³/mol. The highest BCUT2D eigenvalue weighted by Gasteiger charge is 2.18. The van der Waals surface area contributed by atoms with E-state index in [4.69, 9.17) is 30.7 Å². The monoisotopic (exact) mass is 447 g/mol. The molecule has 0 saturated carbocycles. The molecule has 0 spiro atoms. The van der Waals surface area contributed by atoms with Crippen molar-refractivity contribution in [3.05, 3.63) is 40.7 Å². The van der Waals surface area contributed by atoms with Gasteiger partial charge < -0.3 is 24.2 Å². The number of ether oxygens (including phenoxy) is 2. The van der Waals surface area contributed by atoms with E-state index < -0.39 is 12.7 Å². The summed E-state index contributed by atoms with van der Waals surface area (Å²) in [6.45, 7) is 5.67. The molecule has 31 heavy (non-hydrogen) atoms. The van der Waals surface area contributed by atoms with Crippen LogP contribution in [0.1, 0.15) is 25.2 Å². The van der Waals surface area contributed by atoms with Crippen molar-refractivity contribution in [3.8, 4) is 34.3 Å². The lowest BCUT2D eigenvalue weighted by atomic mass is 10.1. The number of benzene rings is 1. The van der Waals surface area contributed by atoms with Gasteiger partial charge in [-0.15, -0.1) is 0 Å². The fraction of sp³-hybridized carbons (Fsp3) is 0.409. The molecule has 3 rings (SSSR count). The molecular formula is C22H26ClN3O5. The van der Waals surface area contributed by atoms with Crippen molar-refractivity contribution < 1.29 is 24.2 Å². The largest absolute Gasteiger partial charge is 0.493 e. The standard InChI is InChI=1S/C22H26ClN3O5/c1-12(2)5-16-7-15(6-13(3)24-16)22-25-21(26-31-22)14-8-18(23)20(19(9-14)29-4)30-11-17(28)10-27/h6-9,12,17,27-28H,5,10-11H2,1-4H3/t17-/m1/s1. The molecule has 0 aliphatic heterocycles. The highest BCUT2D eigenvalue weighted by atomic mass is 35.5. The molecule has 0 unspecified atom stereocenters. The van der Waals surface area contributed by atoms with Gasteiger partial charge in [0.2, 0.25) is 5.82 Å². The van der Waals surface area contributed by atoms with E-state index >= 15 is 0 Å². The van der Waals surface area contributed by atoms with E-state index in [9.17, 15) is 5.11 Å². The zero-order valence-electron chi connectivity index (χ0n) is 17.9. The number of pyridine rings is 1. The first-order valence-electron chi connectivity index (χ1n) is 9.92. The Morgan fingerprint density at radius 1 is 1.13 bits per heavy atom. The van der Waals surface area contributed by atoms with Gasteiger partial charge in [0, 0.05) is 22.5 Å². The Morgan fingerprint density at radius 2 is 1.90 bits per heavy atom. The van der Waals surface area contributed by atoms with Crippen molar-refractivity contribution in [3.63, 3.8) is 0 Å². The molecule has 0 saturated heterocycles. The highest BCUT2D eigenvalue weighted by molar-refractivity contribution is 6.32. The Kier molecular flexibility index (Phi) is 7.48. The number of hydrogen-bond acceptors (Lipinski definition) is 8. The summed E-state index contributed by atoms with van der Waals surface area (Å²) in [4.78, 5) is 9.09. The van der Waals surface area contributed by atoms with Gasteiger partial charge in [-0.05, 0) is 43.5 Å². The normalized spacial score (nSPS) is 12.3. The molecule has 0 amide bonds. The van der Waals surface area contributed by atoms with E-state index in [1.54, 1.807) is 12.1 Å². The van der Waals surface area contributed by atoms with E-state index in [2.05, 4.69) is 29.0 Å². The third-order valence-corrected chi connectivity index (χ3v) is 4.70. The van der Waals surface area contributed by atoms with E-state index in [0.717, 1.165) is 23.4 Å². The van der Waals surface area contributed by atoms with Crippen LogP contribution in [0.4, 0.5) is 0 Å². The summed E-state index contributed by atoms with van der Waals surface area (Å²) in [6, 6.07) is 7.16. The van der Waals surface area contributed by atoms with Crippen molar-refractivity contribution in [1.82, 2.24) is 15.1 Å². The van der Waals surface area contributed by atoms with Crippen molar-refractivity contribution in [2.24, 2.45) is 5.92 Å². The Bertz CT molecular complexity index is 1040. The van der Waals surface area contributed by atoms with E-state index in [0.29, 0.717) is 28.9 Å². The molecular weight excluding hydrogens is 422 g/mol. The lowest BCUT2D eigenvalue weighted by molar-refractivity contribution is 0.0528. The molecule has 0 radical (unpaired) electrons. The first-order chi connectivity index (χ1) is 14.8. The second-order valence-electron chi connectivity index (χ2n) is 7.65. The molecule has 0 bridgehead atoms. The van der Waals surface area contributed by atoms with Gasteiger partial charge in [-0.2, -0.15) is 4.98 Å². The predicted octanol–water partition coefficient (Wildman–Crippen LogP) is 3.70. The van der Waals surface area contributed by atoms with Gasteiger partial charge in [0.15, 0.2) is 11.5 Å². The third kappa shape index (κ3) is 5.72. The number of nitrogens with zero attached hydrogens (tertiary/aromatic N) is 3. The minimum atomic E-state index is -1.02. The lowest BCUT2D eigenvalue weighted by Crippen LogP contribution is -2.21. The zero-order chi connectivity index (χ0) is 22.5. The number of aryl methyl sites for hydroxylation is 1. The van der Waals surface area contributed by atoms with Gasteiger partial charge in [0.1, 0.15) is 12.7 Å². The molecule has 0 aliphatic carbocycles. The van der Waals surface area contributed by atoms with Crippen LogP contribution in [0.2, 0.25) is 5.02 Å². The molecule has 0 aliphatic rings. The average molecular weight is 448 g/mol. The van der Waals surface area contributed by atoms with Crippen molar-refractivity contribution >= 4 is 11.6 Å². The number of aromatic nitrogens is 3. The van der Waals surface area contributed by atoms with Crippen molar-refractivity contribution in [2.45, 2.75) is 33.3 Å². The summed E-state index contributed by atoms with van der Waals surface area (Å²) in [7, 11) is 1.47. The van der Waals surface area contributed by atoms with Crippen LogP contribution in [0.25, 0.3) is 22.8 Å². The minimum Gasteiger partial charge on any atom is -0.493 e. The highest BCUT2D eigenvalue weighted by Crippen LogP contribution is 2.39. The van der Waals surface area contributed by atoms with E-state index in [-0.39, 0.29) is 17.4 Å². The molecule has 1 aromatic carbocycles. The molecule has 3 aromatic rings. The molecule has 0 fully saturated rings. The maximum Gasteiger partial charge on any atom is 0.258 e. The van der Waals surface area contributed by atoms with Gasteiger partial charge in [0.05, 0.1) is 18.7 Å². The van der Waals surface area contributed by atoms with Crippen LogP contribution in [-0.2, 0) is 6.42 Å². The fourth-order valence-corrected chi connectivity index (χ4v) is 3.33. The molecule has 1 atom stereocenters. The summed E-state index contributed by atoms with van der Waals surface area (Å²) >= 11 is 6.36. The zero-order valence-corrected chi connectivity index (χ0v) is 18.7. The Morgan fingerprint density at radius 3 is 2.58 bits per heavy atom. The van der Waals surface area contributed by atoms with Crippen LogP contribution in [-0.4, -0.2) is 51.8 Å². The Hall–Kier alpha value is -2.68. The third-order valence-electron chi connectivity index (χ3n) is 4.42. The summed E-state index contributed by atoms with van der Waals surface area (Å²) in [5.74, 6) is 1.81. The van der Waals surface area contributed by atoms with Crippen LogP contribution < -0.4 is 9.47 Å². The van der Waals surface area contributed by atoms with Gasteiger partial charge in [-0.25, -0.2) is 0 Å². The SMILES string of the molecule is COc1cc(-c2noc(-c3cc(C)nc(CC(C)C)c3)n2)cc(Cl)c1OC[C@H](O)CO. The minimum absolute atomic E-state index is 0.127. The Labute approximate surface area is 185 Å². The number of aliphatic hydroxyl groups is 2. The number of rotatable bonds is 9.